The molecular weight excluding hydrogens is 933 g/mol. The van der Waals surface area contributed by atoms with E-state index in [9.17, 15) is 0 Å². The van der Waals surface area contributed by atoms with Gasteiger partial charge in [-0.15, -0.1) is 0 Å². The molecule has 0 aliphatic rings. The molecule has 0 radical (unpaired) electrons. The quantitative estimate of drug-likeness (QED) is 0.121. The normalized spacial score (nSPS) is 12.4. The summed E-state index contributed by atoms with van der Waals surface area (Å²) in [6, 6.07) is 64.4. The van der Waals surface area contributed by atoms with Crippen molar-refractivity contribution in [3.63, 3.8) is 0 Å². The van der Waals surface area contributed by atoms with E-state index in [0.29, 0.717) is 5.75 Å². The summed E-state index contributed by atoms with van der Waals surface area (Å²) < 4.78 is 18.9. The van der Waals surface area contributed by atoms with E-state index in [1.807, 2.05) is 12.3 Å². The van der Waals surface area contributed by atoms with Crippen molar-refractivity contribution in [2.75, 3.05) is 0 Å². The summed E-state index contributed by atoms with van der Waals surface area (Å²) in [4.78, 5) is 10.6. The Kier molecular flexibility index (Phi) is 11.8. The molecule has 6 nitrogen and oxygen atoms in total. The maximum absolute atomic E-state index is 7.15. The van der Waals surface area contributed by atoms with E-state index >= 15 is 0 Å². The monoisotopic (exact) mass is 996 g/mol. The van der Waals surface area contributed by atoms with Crippen molar-refractivity contribution < 1.29 is 9.15 Å². The van der Waals surface area contributed by atoms with E-state index in [-0.39, 0.29) is 17.3 Å². The number of rotatable bonds is 11. The molecule has 12 aromatic rings. The van der Waals surface area contributed by atoms with Crippen molar-refractivity contribution in [1.29, 1.82) is 0 Å². The van der Waals surface area contributed by atoms with Gasteiger partial charge >= 0.3 is 0 Å². The van der Waals surface area contributed by atoms with E-state index in [4.69, 9.17) is 19.1 Å². The first-order chi connectivity index (χ1) is 36.1. The predicted molar refractivity (Wildman–Crippen MR) is 317 cm³/mol. The van der Waals surface area contributed by atoms with Crippen molar-refractivity contribution in [3.8, 4) is 56.6 Å². The van der Waals surface area contributed by atoms with Crippen LogP contribution in [0.3, 0.4) is 0 Å². The molecule has 0 N–H and O–H groups in total. The van der Waals surface area contributed by atoms with E-state index in [0.717, 1.165) is 83.8 Å². The predicted octanol–water partition coefficient (Wildman–Crippen LogP) is 19.2. The summed E-state index contributed by atoms with van der Waals surface area (Å²) in [6.07, 6.45) is 1.93. The number of aromatic nitrogens is 4. The molecule has 0 atom stereocenters. The fourth-order valence-corrected chi connectivity index (χ4v) is 12.6. The summed E-state index contributed by atoms with van der Waals surface area (Å²) in [5.41, 5.74) is 17.6. The zero-order valence-corrected chi connectivity index (χ0v) is 45.8. The molecule has 0 saturated heterocycles. The van der Waals surface area contributed by atoms with Crippen LogP contribution in [0.1, 0.15) is 82.6 Å². The lowest BCUT2D eigenvalue weighted by Gasteiger charge is -2.25. The van der Waals surface area contributed by atoms with Crippen LogP contribution < -0.4 is 4.74 Å². The van der Waals surface area contributed by atoms with Gasteiger partial charge in [-0.05, 0) is 141 Å². The van der Waals surface area contributed by atoms with Gasteiger partial charge in [0.2, 0.25) is 0 Å². The second-order valence-electron chi connectivity index (χ2n) is 23.3. The number of para-hydroxylation sites is 2. The third-order valence-corrected chi connectivity index (χ3v) is 16.3. The second kappa shape index (κ2) is 18.4. The van der Waals surface area contributed by atoms with E-state index < -0.39 is 8.07 Å². The molecule has 0 saturated carbocycles. The lowest BCUT2D eigenvalue weighted by molar-refractivity contribution is 0.484. The molecule has 75 heavy (non-hydrogen) atoms. The lowest BCUT2D eigenvalue weighted by atomic mass is 9.87. The lowest BCUT2D eigenvalue weighted by Crippen LogP contribution is -2.23. The highest BCUT2D eigenvalue weighted by Gasteiger charge is 2.28. The molecule has 7 heteroatoms. The van der Waals surface area contributed by atoms with Gasteiger partial charge in [0.25, 0.3) is 0 Å². The zero-order chi connectivity index (χ0) is 51.9. The number of hydrogen-bond donors (Lipinski definition) is 0. The Bertz CT molecular complexity index is 4110. The number of furan rings is 1. The topological polar surface area (TPSA) is 58.0 Å². The van der Waals surface area contributed by atoms with Gasteiger partial charge < -0.3 is 9.15 Å². The van der Waals surface area contributed by atoms with Crippen LogP contribution in [0.5, 0.6) is 11.5 Å². The standard InChI is InChI=1S/C68H64N4O2Si/c1-42(2)55-35-48(47-27-25-46(26-28-47)45-18-12-11-13-19-45)36-56(43(3)4)65(55)72-62-34-44(41-75(8,9)10)24-31-59(62)70-67(72)58-39-51(38-57-54-21-15-17-23-63(54)74-66(57)58)73-50-29-30-53-52-20-14-16-22-60(52)71(61(53)40-50)64-37-49(32-33-69-64)68(5,6)7/h11-40,42-43H,41H2,1-10H3. The largest absolute Gasteiger partial charge is 0.457 e. The molecule has 0 amide bonds. The highest BCUT2D eigenvalue weighted by atomic mass is 28.3. The van der Waals surface area contributed by atoms with Crippen LogP contribution in [0.15, 0.2) is 187 Å². The third kappa shape index (κ3) is 8.83. The van der Waals surface area contributed by atoms with Crippen LogP contribution in [0, 0.1) is 0 Å². The summed E-state index contributed by atoms with van der Waals surface area (Å²) >= 11 is 0. The highest BCUT2D eigenvalue weighted by molar-refractivity contribution is 6.75. The van der Waals surface area contributed by atoms with Crippen molar-refractivity contribution in [2.24, 2.45) is 0 Å². The number of pyridine rings is 1. The van der Waals surface area contributed by atoms with Gasteiger partial charge in [0.05, 0.1) is 33.3 Å². The van der Waals surface area contributed by atoms with Crippen LogP contribution in [0.2, 0.25) is 19.6 Å². The molecule has 0 unspecified atom stereocenters. The van der Waals surface area contributed by atoms with Crippen molar-refractivity contribution in [3.05, 3.63) is 204 Å². The van der Waals surface area contributed by atoms with Gasteiger partial charge in [-0.3, -0.25) is 9.13 Å². The first-order valence-electron chi connectivity index (χ1n) is 26.6. The molecule has 8 aromatic carbocycles. The molecule has 0 spiro atoms. The highest BCUT2D eigenvalue weighted by Crippen LogP contribution is 2.46. The molecule has 0 bridgehead atoms. The third-order valence-electron chi connectivity index (χ3n) is 14.8. The molecule has 4 heterocycles. The van der Waals surface area contributed by atoms with Crippen LogP contribution in [0.4, 0.5) is 0 Å². The van der Waals surface area contributed by atoms with Gasteiger partial charge in [-0.2, -0.15) is 0 Å². The molecule has 0 fully saturated rings. The second-order valence-corrected chi connectivity index (χ2v) is 28.8. The maximum Gasteiger partial charge on any atom is 0.149 e. The first-order valence-corrected chi connectivity index (χ1v) is 30.3. The minimum Gasteiger partial charge on any atom is -0.457 e. The Morgan fingerprint density at radius 1 is 0.547 bits per heavy atom. The summed E-state index contributed by atoms with van der Waals surface area (Å²) in [6.45, 7) is 23.3. The van der Waals surface area contributed by atoms with E-state index in [2.05, 4.69) is 247 Å². The van der Waals surface area contributed by atoms with Crippen molar-refractivity contribution in [1.82, 2.24) is 19.1 Å². The Morgan fingerprint density at radius 3 is 1.91 bits per heavy atom. The number of fused-ring (bicyclic) bond motifs is 7. The minimum atomic E-state index is -1.49. The first kappa shape index (κ1) is 48.0. The fourth-order valence-electron chi connectivity index (χ4n) is 11.2. The van der Waals surface area contributed by atoms with E-state index in [1.165, 1.54) is 50.2 Å². The maximum atomic E-state index is 7.15. The molecule has 12 rings (SSSR count). The number of benzene rings is 8. The average molecular weight is 997 g/mol. The van der Waals surface area contributed by atoms with Gasteiger partial charge in [-0.25, -0.2) is 9.97 Å². The Morgan fingerprint density at radius 2 is 1.20 bits per heavy atom. The van der Waals surface area contributed by atoms with Gasteiger partial charge in [0.1, 0.15) is 34.3 Å². The van der Waals surface area contributed by atoms with Crippen LogP contribution in [-0.4, -0.2) is 27.2 Å². The molecule has 372 valence electrons. The average Bonchev–Trinajstić information content (AvgIpc) is 4.11. The SMILES string of the molecule is CC(C)c1cc(-c2ccc(-c3ccccc3)cc2)cc(C(C)C)c1-n1c(-c2cc(Oc3ccc4c5ccccc5n(-c5cc(C(C)(C)C)ccn5)c4c3)cc3c2oc2ccccc23)nc2ccc(C[Si](C)(C)C)cc21. The van der Waals surface area contributed by atoms with Crippen molar-refractivity contribution >= 4 is 62.9 Å². The summed E-state index contributed by atoms with van der Waals surface area (Å²) in [5.74, 6) is 3.48. The Balaban J connectivity index is 1.08. The molecular formula is C68H64N4O2Si. The molecule has 4 aromatic heterocycles. The van der Waals surface area contributed by atoms with Crippen molar-refractivity contribution in [2.45, 2.75) is 91.4 Å². The number of imidazole rings is 1. The summed E-state index contributed by atoms with van der Waals surface area (Å²) in [7, 11) is -1.49. The van der Waals surface area contributed by atoms with Gasteiger partial charge in [-0.1, -0.05) is 165 Å². The molecule has 0 aliphatic carbocycles. The number of hydrogen-bond acceptors (Lipinski definition) is 4. The Hall–Kier alpha value is -8.00. The molecule has 0 aliphatic heterocycles. The van der Waals surface area contributed by atoms with Gasteiger partial charge in [0, 0.05) is 41.9 Å². The zero-order valence-electron chi connectivity index (χ0n) is 44.8. The minimum absolute atomic E-state index is 0.0405. The summed E-state index contributed by atoms with van der Waals surface area (Å²) in [5, 5.41) is 4.29. The Labute approximate surface area is 441 Å². The van der Waals surface area contributed by atoms with E-state index in [1.54, 1.807) is 0 Å². The van der Waals surface area contributed by atoms with Crippen LogP contribution in [-0.2, 0) is 11.5 Å². The van der Waals surface area contributed by atoms with Crippen LogP contribution in [0.25, 0.3) is 99.9 Å². The number of nitrogens with zero attached hydrogens (tertiary/aromatic N) is 4. The van der Waals surface area contributed by atoms with Gasteiger partial charge in [0.15, 0.2) is 0 Å². The fraction of sp³-hybridized carbons (Fsp3) is 0.206. The number of ether oxygens (including phenoxy) is 1. The van der Waals surface area contributed by atoms with Crippen LogP contribution >= 0.6 is 0 Å². The smallest absolute Gasteiger partial charge is 0.149 e.